The summed E-state index contributed by atoms with van der Waals surface area (Å²) in [5, 5.41) is 13.3. The van der Waals surface area contributed by atoms with E-state index in [2.05, 4.69) is 27.1 Å². The molecule has 0 aliphatic rings. The quantitative estimate of drug-likeness (QED) is 0.801. The molecule has 2 aromatic rings. The molecule has 0 saturated carbocycles. The van der Waals surface area contributed by atoms with Crippen molar-refractivity contribution in [2.45, 2.75) is 6.92 Å². The normalized spacial score (nSPS) is 10.4. The van der Waals surface area contributed by atoms with Gasteiger partial charge in [-0.15, -0.1) is 0 Å². The van der Waals surface area contributed by atoms with Gasteiger partial charge in [-0.05, 0) is 28.9 Å². The SMILES string of the molecule is CCOc1cc(Br)c2c(C#N)cnn2c1Cl. The molecule has 16 heavy (non-hydrogen) atoms. The van der Waals surface area contributed by atoms with Crippen LogP contribution in [0.1, 0.15) is 12.5 Å². The number of aromatic nitrogens is 2. The number of hydrogen-bond acceptors (Lipinski definition) is 3. The Balaban J connectivity index is 2.77. The van der Waals surface area contributed by atoms with E-state index < -0.39 is 0 Å². The zero-order valence-corrected chi connectivity index (χ0v) is 10.7. The number of nitrogens with zero attached hydrogens (tertiary/aromatic N) is 3. The fourth-order valence-corrected chi connectivity index (χ4v) is 2.24. The summed E-state index contributed by atoms with van der Waals surface area (Å²) in [5.41, 5.74) is 1.12. The summed E-state index contributed by atoms with van der Waals surface area (Å²) in [4.78, 5) is 0. The molecule has 0 aromatic carbocycles. The molecule has 82 valence electrons. The first kappa shape index (κ1) is 11.2. The van der Waals surface area contributed by atoms with E-state index in [1.165, 1.54) is 10.7 Å². The number of rotatable bonds is 2. The predicted octanol–water partition coefficient (Wildman–Crippen LogP) is 3.02. The lowest BCUT2D eigenvalue weighted by Gasteiger charge is -2.08. The van der Waals surface area contributed by atoms with Crippen LogP contribution in [0.15, 0.2) is 16.7 Å². The van der Waals surface area contributed by atoms with Crippen LogP contribution < -0.4 is 4.74 Å². The summed E-state index contributed by atoms with van der Waals surface area (Å²) in [5.74, 6) is 0.538. The van der Waals surface area contributed by atoms with Crippen LogP contribution in [0.25, 0.3) is 5.52 Å². The van der Waals surface area contributed by atoms with Crippen molar-refractivity contribution in [3.8, 4) is 11.8 Å². The van der Waals surface area contributed by atoms with Crippen molar-refractivity contribution < 1.29 is 4.74 Å². The molecule has 0 N–H and O–H groups in total. The van der Waals surface area contributed by atoms with Gasteiger partial charge in [-0.2, -0.15) is 10.4 Å². The minimum absolute atomic E-state index is 0.363. The largest absolute Gasteiger partial charge is 0.491 e. The molecule has 0 bridgehead atoms. The zero-order chi connectivity index (χ0) is 11.7. The first-order valence-electron chi connectivity index (χ1n) is 4.57. The standard InChI is InChI=1S/C10H7BrClN3O/c1-2-16-8-3-7(11)9-6(4-13)5-14-15(9)10(8)12/h3,5H,2H2,1H3. The fraction of sp³-hybridized carbons (Fsp3) is 0.200. The van der Waals surface area contributed by atoms with E-state index in [9.17, 15) is 0 Å². The maximum Gasteiger partial charge on any atom is 0.173 e. The Hall–Kier alpha value is -1.25. The molecular weight excluding hydrogens is 293 g/mol. The molecule has 0 spiro atoms. The average molecular weight is 301 g/mol. The third-order valence-corrected chi connectivity index (χ3v) is 3.01. The summed E-state index contributed by atoms with van der Waals surface area (Å²) in [7, 11) is 0. The Kier molecular flexibility index (Phi) is 3.03. The molecule has 0 fully saturated rings. The van der Waals surface area contributed by atoms with Crippen LogP contribution >= 0.6 is 27.5 Å². The highest BCUT2D eigenvalue weighted by molar-refractivity contribution is 9.10. The van der Waals surface area contributed by atoms with E-state index in [4.69, 9.17) is 21.6 Å². The summed E-state index contributed by atoms with van der Waals surface area (Å²) >= 11 is 9.48. The van der Waals surface area contributed by atoms with Crippen molar-refractivity contribution in [1.82, 2.24) is 9.61 Å². The lowest BCUT2D eigenvalue weighted by Crippen LogP contribution is -1.98. The molecule has 0 aliphatic carbocycles. The van der Waals surface area contributed by atoms with E-state index >= 15 is 0 Å². The van der Waals surface area contributed by atoms with Crippen molar-refractivity contribution in [3.05, 3.63) is 27.5 Å². The van der Waals surface area contributed by atoms with E-state index in [0.29, 0.717) is 28.6 Å². The average Bonchev–Trinajstić information content (AvgIpc) is 2.70. The van der Waals surface area contributed by atoms with Gasteiger partial charge in [-0.25, -0.2) is 4.52 Å². The second kappa shape index (κ2) is 4.32. The Morgan fingerprint density at radius 2 is 2.44 bits per heavy atom. The van der Waals surface area contributed by atoms with Crippen LogP contribution in [0, 0.1) is 11.3 Å². The first-order valence-corrected chi connectivity index (χ1v) is 5.74. The van der Waals surface area contributed by atoms with Crippen LogP contribution in [0.4, 0.5) is 0 Å². The first-order chi connectivity index (χ1) is 7.69. The predicted molar refractivity (Wildman–Crippen MR) is 63.8 cm³/mol. The molecule has 6 heteroatoms. The van der Waals surface area contributed by atoms with Gasteiger partial charge in [0.2, 0.25) is 0 Å². The van der Waals surface area contributed by atoms with E-state index in [1.54, 1.807) is 6.07 Å². The Morgan fingerprint density at radius 1 is 1.69 bits per heavy atom. The maximum atomic E-state index is 8.91. The number of pyridine rings is 1. The van der Waals surface area contributed by atoms with Gasteiger partial charge in [0, 0.05) is 4.47 Å². The van der Waals surface area contributed by atoms with Gasteiger partial charge >= 0.3 is 0 Å². The number of nitriles is 1. The molecule has 0 atom stereocenters. The molecule has 0 saturated heterocycles. The van der Waals surface area contributed by atoms with Gasteiger partial charge in [-0.3, -0.25) is 0 Å². The second-order valence-corrected chi connectivity index (χ2v) is 4.22. The van der Waals surface area contributed by atoms with Crippen molar-refractivity contribution in [1.29, 1.82) is 5.26 Å². The Bertz CT molecular complexity index is 588. The number of ether oxygens (including phenoxy) is 1. The highest BCUT2D eigenvalue weighted by atomic mass is 79.9. The van der Waals surface area contributed by atoms with Crippen molar-refractivity contribution >= 4 is 33.0 Å². The highest BCUT2D eigenvalue weighted by Crippen LogP contribution is 2.32. The summed E-state index contributed by atoms with van der Waals surface area (Å²) in [6, 6.07) is 3.80. The minimum Gasteiger partial charge on any atom is -0.491 e. The highest BCUT2D eigenvalue weighted by Gasteiger charge is 2.14. The number of halogens is 2. The molecule has 2 aromatic heterocycles. The molecule has 0 aliphatic heterocycles. The van der Waals surface area contributed by atoms with E-state index in [1.807, 2.05) is 6.92 Å². The lowest BCUT2D eigenvalue weighted by atomic mass is 10.3. The Labute approximate surface area is 106 Å². The lowest BCUT2D eigenvalue weighted by molar-refractivity contribution is 0.338. The number of fused-ring (bicyclic) bond motifs is 1. The van der Waals surface area contributed by atoms with Crippen molar-refractivity contribution in [3.63, 3.8) is 0 Å². The van der Waals surface area contributed by atoms with Crippen molar-refractivity contribution in [2.24, 2.45) is 0 Å². The van der Waals surface area contributed by atoms with Gasteiger partial charge in [0.05, 0.1) is 18.4 Å². The van der Waals surface area contributed by atoms with Gasteiger partial charge in [0.25, 0.3) is 0 Å². The molecule has 0 radical (unpaired) electrons. The van der Waals surface area contributed by atoms with Gasteiger partial charge < -0.3 is 4.74 Å². The molecule has 4 nitrogen and oxygen atoms in total. The van der Waals surface area contributed by atoms with Crippen LogP contribution in [-0.4, -0.2) is 16.2 Å². The smallest absolute Gasteiger partial charge is 0.173 e. The third kappa shape index (κ3) is 1.64. The zero-order valence-electron chi connectivity index (χ0n) is 8.37. The minimum atomic E-state index is 0.363. The fourth-order valence-electron chi connectivity index (χ4n) is 1.41. The van der Waals surface area contributed by atoms with E-state index in [-0.39, 0.29) is 0 Å². The summed E-state index contributed by atoms with van der Waals surface area (Å²) < 4.78 is 7.58. The van der Waals surface area contributed by atoms with Crippen LogP contribution in [0.3, 0.4) is 0 Å². The van der Waals surface area contributed by atoms with Gasteiger partial charge in [0.1, 0.15) is 11.6 Å². The molecule has 2 heterocycles. The van der Waals surface area contributed by atoms with Crippen LogP contribution in [0.2, 0.25) is 5.15 Å². The molecule has 0 amide bonds. The second-order valence-electron chi connectivity index (χ2n) is 3.01. The summed E-state index contributed by atoms with van der Waals surface area (Å²) in [6.45, 7) is 2.39. The van der Waals surface area contributed by atoms with E-state index in [0.717, 1.165) is 4.47 Å². The van der Waals surface area contributed by atoms with Crippen LogP contribution in [0.5, 0.6) is 5.75 Å². The van der Waals surface area contributed by atoms with Gasteiger partial charge in [0.15, 0.2) is 10.9 Å². The molecule has 2 rings (SSSR count). The molecule has 0 unspecified atom stereocenters. The molecular formula is C10H7BrClN3O. The third-order valence-electron chi connectivity index (χ3n) is 2.06. The topological polar surface area (TPSA) is 50.3 Å². The van der Waals surface area contributed by atoms with Crippen molar-refractivity contribution in [2.75, 3.05) is 6.61 Å². The maximum absolute atomic E-state index is 8.91. The Morgan fingerprint density at radius 3 is 3.06 bits per heavy atom. The number of hydrogen-bond donors (Lipinski definition) is 0. The monoisotopic (exact) mass is 299 g/mol. The summed E-state index contributed by atoms with van der Waals surface area (Å²) in [6.07, 6.45) is 1.47. The van der Waals surface area contributed by atoms with Gasteiger partial charge in [-0.1, -0.05) is 11.6 Å². The van der Waals surface area contributed by atoms with Crippen LogP contribution in [-0.2, 0) is 0 Å².